The molecular weight excluding hydrogens is 268 g/mol. The second-order valence-electron chi connectivity index (χ2n) is 5.40. The minimum absolute atomic E-state index is 0.0832. The van der Waals surface area contributed by atoms with Crippen molar-refractivity contribution in [3.63, 3.8) is 0 Å². The fourth-order valence-electron chi connectivity index (χ4n) is 2.36. The molecule has 5 heteroatoms. The monoisotopic (exact) mass is 292 g/mol. The Labute approximate surface area is 126 Å². The molecule has 1 aromatic rings. The van der Waals surface area contributed by atoms with Crippen LogP contribution in [-0.2, 0) is 4.79 Å². The Morgan fingerprint density at radius 2 is 2.10 bits per heavy atom. The summed E-state index contributed by atoms with van der Waals surface area (Å²) in [6.07, 6.45) is 0.138. The molecule has 0 N–H and O–H groups in total. The zero-order valence-corrected chi connectivity index (χ0v) is 13.2. The number of benzene rings is 1. The molecule has 0 unspecified atom stereocenters. The first-order valence-electron chi connectivity index (χ1n) is 7.35. The second kappa shape index (κ2) is 6.80. The van der Waals surface area contributed by atoms with Gasteiger partial charge in [-0.25, -0.2) is 0 Å². The van der Waals surface area contributed by atoms with Crippen LogP contribution in [0.25, 0.3) is 0 Å². The van der Waals surface area contributed by atoms with E-state index in [0.29, 0.717) is 0 Å². The zero-order chi connectivity index (χ0) is 15.4. The first-order chi connectivity index (χ1) is 10.0. The number of likely N-dealkylation sites (tertiary alicyclic amines) is 1. The molecule has 0 bridgehead atoms. The number of ether oxygens (including phenoxy) is 2. The second-order valence-corrected chi connectivity index (χ2v) is 5.40. The maximum absolute atomic E-state index is 12.1. The van der Waals surface area contributed by atoms with E-state index in [1.54, 1.807) is 12.0 Å². The van der Waals surface area contributed by atoms with Gasteiger partial charge < -0.3 is 14.4 Å². The van der Waals surface area contributed by atoms with Crippen molar-refractivity contribution in [1.29, 1.82) is 0 Å². The first-order valence-corrected chi connectivity index (χ1v) is 7.35. The number of rotatable bonds is 6. The Hall–Kier alpha value is -1.75. The summed E-state index contributed by atoms with van der Waals surface area (Å²) in [6.45, 7) is 6.23. The number of carbonyl (C=O) groups excluding carboxylic acids is 1. The predicted molar refractivity (Wildman–Crippen MR) is 81.8 cm³/mol. The van der Waals surface area contributed by atoms with Gasteiger partial charge in [-0.05, 0) is 26.0 Å². The van der Waals surface area contributed by atoms with Crippen molar-refractivity contribution >= 4 is 5.91 Å². The maximum atomic E-state index is 12.1. The van der Waals surface area contributed by atoms with Crippen LogP contribution in [0.4, 0.5) is 0 Å². The molecule has 1 saturated heterocycles. The summed E-state index contributed by atoms with van der Waals surface area (Å²) in [4.78, 5) is 16.0. The molecule has 1 atom stereocenters. The number of nitrogens with zero attached hydrogens (tertiary/aromatic N) is 2. The fourth-order valence-corrected chi connectivity index (χ4v) is 2.36. The van der Waals surface area contributed by atoms with E-state index in [0.717, 1.165) is 31.1 Å². The minimum atomic E-state index is -0.0832. The van der Waals surface area contributed by atoms with Crippen LogP contribution in [0.3, 0.4) is 0 Å². The lowest BCUT2D eigenvalue weighted by Gasteiger charge is -2.42. The third-order valence-corrected chi connectivity index (χ3v) is 3.98. The molecule has 0 radical (unpaired) electrons. The highest BCUT2D eigenvalue weighted by atomic mass is 16.5. The van der Waals surface area contributed by atoms with Crippen LogP contribution in [0.15, 0.2) is 24.3 Å². The quantitative estimate of drug-likeness (QED) is 0.799. The third kappa shape index (κ3) is 3.67. The standard InChI is InChI=1S/C16H24N2O3/c1-5-17(3)16(19)12(2)18-10-15(11-18)21-14-8-6-7-13(9-14)20-4/h6-9,12,15H,5,10-11H2,1-4H3/t12-/m0/s1. The molecule has 1 amide bonds. The number of hydrogen-bond donors (Lipinski definition) is 0. The molecule has 1 aliphatic rings. The highest BCUT2D eigenvalue weighted by Crippen LogP contribution is 2.23. The molecule has 116 valence electrons. The van der Waals surface area contributed by atoms with Gasteiger partial charge in [0, 0.05) is 32.7 Å². The first kappa shape index (κ1) is 15.6. The zero-order valence-electron chi connectivity index (χ0n) is 13.2. The van der Waals surface area contributed by atoms with Crippen molar-refractivity contribution in [2.75, 3.05) is 33.8 Å². The van der Waals surface area contributed by atoms with Gasteiger partial charge in [-0.2, -0.15) is 0 Å². The van der Waals surface area contributed by atoms with Crippen LogP contribution >= 0.6 is 0 Å². The largest absolute Gasteiger partial charge is 0.497 e. The SMILES string of the molecule is CCN(C)C(=O)[C@H](C)N1CC(Oc2cccc(OC)c2)C1. The minimum Gasteiger partial charge on any atom is -0.497 e. The number of carbonyl (C=O) groups is 1. The number of methoxy groups -OCH3 is 1. The summed E-state index contributed by atoms with van der Waals surface area (Å²) >= 11 is 0. The van der Waals surface area contributed by atoms with E-state index in [2.05, 4.69) is 4.90 Å². The summed E-state index contributed by atoms with van der Waals surface area (Å²) in [5.41, 5.74) is 0. The average molecular weight is 292 g/mol. The van der Waals surface area contributed by atoms with Crippen molar-refractivity contribution in [3.05, 3.63) is 24.3 Å². The van der Waals surface area contributed by atoms with Crippen molar-refractivity contribution in [3.8, 4) is 11.5 Å². The topological polar surface area (TPSA) is 42.0 Å². The van der Waals surface area contributed by atoms with Crippen LogP contribution in [0, 0.1) is 0 Å². The normalized spacial score (nSPS) is 17.0. The third-order valence-electron chi connectivity index (χ3n) is 3.98. The highest BCUT2D eigenvalue weighted by molar-refractivity contribution is 5.81. The molecule has 5 nitrogen and oxygen atoms in total. The number of amides is 1. The highest BCUT2D eigenvalue weighted by Gasteiger charge is 2.35. The molecule has 1 aromatic carbocycles. The van der Waals surface area contributed by atoms with Gasteiger partial charge in [0.1, 0.15) is 17.6 Å². The molecule has 0 spiro atoms. The molecule has 2 rings (SSSR count). The van der Waals surface area contributed by atoms with E-state index in [9.17, 15) is 4.79 Å². The van der Waals surface area contributed by atoms with E-state index < -0.39 is 0 Å². The summed E-state index contributed by atoms with van der Waals surface area (Å²) in [6, 6.07) is 7.51. The molecule has 1 fully saturated rings. The Morgan fingerprint density at radius 3 is 2.71 bits per heavy atom. The van der Waals surface area contributed by atoms with E-state index in [1.807, 2.05) is 45.2 Å². The smallest absolute Gasteiger partial charge is 0.239 e. The van der Waals surface area contributed by atoms with Crippen molar-refractivity contribution in [2.24, 2.45) is 0 Å². The Morgan fingerprint density at radius 1 is 1.43 bits per heavy atom. The van der Waals surface area contributed by atoms with Gasteiger partial charge in [-0.1, -0.05) is 6.07 Å². The van der Waals surface area contributed by atoms with E-state index in [1.165, 1.54) is 0 Å². The lowest BCUT2D eigenvalue weighted by atomic mass is 10.1. The average Bonchev–Trinajstić information content (AvgIpc) is 2.48. The maximum Gasteiger partial charge on any atom is 0.239 e. The van der Waals surface area contributed by atoms with Crippen LogP contribution in [0.2, 0.25) is 0 Å². The van der Waals surface area contributed by atoms with Crippen LogP contribution < -0.4 is 9.47 Å². The predicted octanol–water partition coefficient (Wildman–Crippen LogP) is 1.62. The lowest BCUT2D eigenvalue weighted by molar-refractivity contribution is -0.138. The molecule has 1 heterocycles. The Bertz CT molecular complexity index is 486. The van der Waals surface area contributed by atoms with E-state index in [4.69, 9.17) is 9.47 Å². The summed E-state index contributed by atoms with van der Waals surface area (Å²) < 4.78 is 11.1. The Kier molecular flexibility index (Phi) is 5.07. The number of likely N-dealkylation sites (N-methyl/N-ethyl adjacent to an activating group) is 1. The van der Waals surface area contributed by atoms with Gasteiger partial charge in [0.2, 0.25) is 5.91 Å². The molecule has 0 aliphatic carbocycles. The summed E-state index contributed by atoms with van der Waals surface area (Å²) in [5.74, 6) is 1.76. The fraction of sp³-hybridized carbons (Fsp3) is 0.562. The summed E-state index contributed by atoms with van der Waals surface area (Å²) in [5, 5.41) is 0. The molecule has 0 saturated carbocycles. The van der Waals surface area contributed by atoms with Crippen molar-refractivity contribution in [2.45, 2.75) is 26.0 Å². The molecule has 0 aromatic heterocycles. The van der Waals surface area contributed by atoms with Gasteiger partial charge in [0.05, 0.1) is 13.2 Å². The van der Waals surface area contributed by atoms with Gasteiger partial charge in [-0.3, -0.25) is 9.69 Å². The molecule has 1 aliphatic heterocycles. The molecule has 21 heavy (non-hydrogen) atoms. The van der Waals surface area contributed by atoms with Gasteiger partial charge in [-0.15, -0.1) is 0 Å². The lowest BCUT2D eigenvalue weighted by Crippen LogP contribution is -2.60. The van der Waals surface area contributed by atoms with E-state index >= 15 is 0 Å². The van der Waals surface area contributed by atoms with Gasteiger partial charge in [0.25, 0.3) is 0 Å². The van der Waals surface area contributed by atoms with E-state index in [-0.39, 0.29) is 18.1 Å². The molecular formula is C16H24N2O3. The summed E-state index contributed by atoms with van der Waals surface area (Å²) in [7, 11) is 3.48. The van der Waals surface area contributed by atoms with Gasteiger partial charge >= 0.3 is 0 Å². The Balaban J connectivity index is 1.82. The van der Waals surface area contributed by atoms with Crippen LogP contribution in [0.5, 0.6) is 11.5 Å². The van der Waals surface area contributed by atoms with Crippen LogP contribution in [0.1, 0.15) is 13.8 Å². The number of hydrogen-bond acceptors (Lipinski definition) is 4. The van der Waals surface area contributed by atoms with Crippen LogP contribution in [-0.4, -0.2) is 61.6 Å². The van der Waals surface area contributed by atoms with Crippen molar-refractivity contribution in [1.82, 2.24) is 9.80 Å². The van der Waals surface area contributed by atoms with Gasteiger partial charge in [0.15, 0.2) is 0 Å². The van der Waals surface area contributed by atoms with Crippen molar-refractivity contribution < 1.29 is 14.3 Å².